The van der Waals surface area contributed by atoms with Crippen molar-refractivity contribution in [3.8, 4) is 23.1 Å². The minimum atomic E-state index is 0.0430. The molecule has 1 fully saturated rings. The number of amides is 1. The summed E-state index contributed by atoms with van der Waals surface area (Å²) in [6.07, 6.45) is 12.1. The fourth-order valence-electron chi connectivity index (χ4n) is 4.02. The van der Waals surface area contributed by atoms with Crippen LogP contribution in [0.25, 0.3) is 16.9 Å². The highest BCUT2D eigenvalue weighted by Gasteiger charge is 2.20. The number of benzene rings is 1. The van der Waals surface area contributed by atoms with Crippen molar-refractivity contribution < 1.29 is 9.53 Å². The normalized spacial score (nSPS) is 15.9. The van der Waals surface area contributed by atoms with Crippen molar-refractivity contribution in [1.29, 1.82) is 0 Å². The fraction of sp³-hybridized carbons (Fsp3) is 0.222. The zero-order valence-electron chi connectivity index (χ0n) is 19.0. The number of carbonyl (C=O) groups is 1. The molecule has 2 aromatic heterocycles. The maximum Gasteiger partial charge on any atom is 0.254 e. The third-order valence-electron chi connectivity index (χ3n) is 5.87. The Bertz CT molecular complexity index is 1410. The molecule has 2 aliphatic rings. The van der Waals surface area contributed by atoms with Crippen molar-refractivity contribution in [2.75, 3.05) is 26.3 Å². The van der Waals surface area contributed by atoms with Gasteiger partial charge in [0.2, 0.25) is 0 Å². The maximum absolute atomic E-state index is 12.9. The number of rotatable bonds is 2. The molecule has 3 aromatic rings. The molecule has 7 nitrogen and oxygen atoms in total. The minimum absolute atomic E-state index is 0.0430. The van der Waals surface area contributed by atoms with Crippen LogP contribution in [-0.2, 0) is 4.74 Å². The van der Waals surface area contributed by atoms with Gasteiger partial charge in [-0.05, 0) is 42.8 Å². The van der Waals surface area contributed by atoms with E-state index in [-0.39, 0.29) is 5.91 Å². The standard InChI is InChI=1S/C27H25N5O2/c1-19-16-21(8-9-24(19)27(33)31-12-14-34-15-13-31)25-10-11-32-26(30-25)22(18-29-32)7-6-20-4-2-3-5-23(28)17-20/h2-4,8-11,16-18H,5,12-15,28H2,1H3. The fourth-order valence-corrected chi connectivity index (χ4v) is 4.02. The molecule has 0 spiro atoms. The maximum atomic E-state index is 12.9. The van der Waals surface area contributed by atoms with Gasteiger partial charge in [-0.3, -0.25) is 4.79 Å². The van der Waals surface area contributed by atoms with E-state index >= 15 is 0 Å². The van der Waals surface area contributed by atoms with Crippen LogP contribution in [0.5, 0.6) is 0 Å². The number of allylic oxidation sites excluding steroid dienone is 5. The number of nitrogens with two attached hydrogens (primary N) is 1. The van der Waals surface area contributed by atoms with Crippen molar-refractivity contribution in [1.82, 2.24) is 19.5 Å². The van der Waals surface area contributed by atoms with Crippen LogP contribution in [0.4, 0.5) is 0 Å². The van der Waals surface area contributed by atoms with Crippen LogP contribution >= 0.6 is 0 Å². The van der Waals surface area contributed by atoms with Gasteiger partial charge in [-0.15, -0.1) is 0 Å². The topological polar surface area (TPSA) is 85.8 Å². The number of morpholine rings is 1. The van der Waals surface area contributed by atoms with Gasteiger partial charge in [-0.2, -0.15) is 5.10 Å². The van der Waals surface area contributed by atoms with E-state index in [1.165, 1.54) is 0 Å². The molecule has 0 unspecified atom stereocenters. The molecule has 1 aliphatic heterocycles. The average Bonchev–Trinajstić information content (AvgIpc) is 3.15. The summed E-state index contributed by atoms with van der Waals surface area (Å²) >= 11 is 0. The van der Waals surface area contributed by atoms with Crippen molar-refractivity contribution >= 4 is 11.6 Å². The molecule has 34 heavy (non-hydrogen) atoms. The first-order valence-electron chi connectivity index (χ1n) is 11.3. The first-order chi connectivity index (χ1) is 16.6. The van der Waals surface area contributed by atoms with Crippen LogP contribution in [0.1, 0.15) is 27.9 Å². The molecule has 170 valence electrons. The number of aryl methyl sites for hydroxylation is 1. The summed E-state index contributed by atoms with van der Waals surface area (Å²) in [5.74, 6) is 6.39. The molecule has 1 aromatic carbocycles. The lowest BCUT2D eigenvalue weighted by Gasteiger charge is -2.27. The van der Waals surface area contributed by atoms with Crippen LogP contribution in [0.2, 0.25) is 0 Å². The van der Waals surface area contributed by atoms with E-state index in [0.717, 1.165) is 40.1 Å². The Kier molecular flexibility index (Phi) is 5.98. The number of aromatic nitrogens is 3. The average molecular weight is 452 g/mol. The largest absolute Gasteiger partial charge is 0.402 e. The third kappa shape index (κ3) is 4.49. The quantitative estimate of drug-likeness (QED) is 0.605. The Balaban J connectivity index is 1.44. The van der Waals surface area contributed by atoms with E-state index in [0.29, 0.717) is 37.5 Å². The van der Waals surface area contributed by atoms with Crippen molar-refractivity contribution in [3.05, 3.63) is 88.9 Å². The van der Waals surface area contributed by atoms with Gasteiger partial charge in [0, 0.05) is 48.1 Å². The van der Waals surface area contributed by atoms with Gasteiger partial charge in [0.25, 0.3) is 5.91 Å². The van der Waals surface area contributed by atoms with E-state index in [1.54, 1.807) is 10.7 Å². The van der Waals surface area contributed by atoms with E-state index in [4.69, 9.17) is 15.5 Å². The Hall–Kier alpha value is -4.15. The molecule has 1 amide bonds. The molecule has 5 rings (SSSR count). The molecule has 0 atom stereocenters. The smallest absolute Gasteiger partial charge is 0.254 e. The summed E-state index contributed by atoms with van der Waals surface area (Å²) in [5, 5.41) is 4.38. The van der Waals surface area contributed by atoms with Crippen molar-refractivity contribution in [3.63, 3.8) is 0 Å². The lowest BCUT2D eigenvalue weighted by atomic mass is 10.0. The number of hydrogen-bond acceptors (Lipinski definition) is 5. The Morgan fingerprint density at radius 1 is 1.18 bits per heavy atom. The first kappa shape index (κ1) is 21.7. The summed E-state index contributed by atoms with van der Waals surface area (Å²) in [4.78, 5) is 19.6. The van der Waals surface area contributed by atoms with E-state index in [1.807, 2.05) is 66.6 Å². The summed E-state index contributed by atoms with van der Waals surface area (Å²) < 4.78 is 7.07. The number of hydrogen-bond donors (Lipinski definition) is 1. The molecule has 1 aliphatic carbocycles. The predicted octanol–water partition coefficient (Wildman–Crippen LogP) is 3.26. The second kappa shape index (κ2) is 9.38. The van der Waals surface area contributed by atoms with Crippen LogP contribution in [0, 0.1) is 18.8 Å². The summed E-state index contributed by atoms with van der Waals surface area (Å²) in [6.45, 7) is 4.37. The Labute approximate surface area is 198 Å². The van der Waals surface area contributed by atoms with Gasteiger partial charge in [0.05, 0.1) is 30.7 Å². The number of nitrogens with zero attached hydrogens (tertiary/aromatic N) is 4. The molecule has 3 heterocycles. The second-order valence-corrected chi connectivity index (χ2v) is 8.30. The molecule has 0 bridgehead atoms. The van der Waals surface area contributed by atoms with E-state index in [2.05, 4.69) is 16.9 Å². The van der Waals surface area contributed by atoms with Crippen LogP contribution in [-0.4, -0.2) is 51.7 Å². The SMILES string of the molecule is Cc1cc(-c2ccn3ncc(C#CC4=CC=CCC(N)=C4)c3n2)ccc1C(=O)N1CCOCC1. The lowest BCUT2D eigenvalue weighted by Crippen LogP contribution is -2.40. The summed E-state index contributed by atoms with van der Waals surface area (Å²) in [5.41, 5.74) is 12.4. The van der Waals surface area contributed by atoms with E-state index in [9.17, 15) is 4.79 Å². The van der Waals surface area contributed by atoms with Crippen LogP contribution in [0.3, 0.4) is 0 Å². The molecular formula is C27H25N5O2. The third-order valence-corrected chi connectivity index (χ3v) is 5.87. The van der Waals surface area contributed by atoms with Gasteiger partial charge in [-0.1, -0.05) is 30.1 Å². The first-order valence-corrected chi connectivity index (χ1v) is 11.3. The van der Waals surface area contributed by atoms with Crippen molar-refractivity contribution in [2.45, 2.75) is 13.3 Å². The monoisotopic (exact) mass is 451 g/mol. The number of fused-ring (bicyclic) bond motifs is 1. The lowest BCUT2D eigenvalue weighted by molar-refractivity contribution is 0.0302. The van der Waals surface area contributed by atoms with Gasteiger partial charge >= 0.3 is 0 Å². The summed E-state index contributed by atoms with van der Waals surface area (Å²) in [7, 11) is 0. The zero-order valence-corrected chi connectivity index (χ0v) is 19.0. The molecule has 0 saturated carbocycles. The van der Waals surface area contributed by atoms with E-state index < -0.39 is 0 Å². The van der Waals surface area contributed by atoms with Gasteiger partial charge < -0.3 is 15.4 Å². The van der Waals surface area contributed by atoms with Gasteiger partial charge in [-0.25, -0.2) is 9.50 Å². The zero-order chi connectivity index (χ0) is 23.5. The minimum Gasteiger partial charge on any atom is -0.402 e. The number of carbonyl (C=O) groups excluding carboxylic acids is 1. The highest BCUT2D eigenvalue weighted by Crippen LogP contribution is 2.23. The number of ether oxygens (including phenoxy) is 1. The van der Waals surface area contributed by atoms with Gasteiger partial charge in [0.1, 0.15) is 0 Å². The van der Waals surface area contributed by atoms with Crippen molar-refractivity contribution in [2.24, 2.45) is 5.73 Å². The second-order valence-electron chi connectivity index (χ2n) is 8.30. The summed E-state index contributed by atoms with van der Waals surface area (Å²) in [6, 6.07) is 7.74. The molecular weight excluding hydrogens is 426 g/mol. The van der Waals surface area contributed by atoms with Gasteiger partial charge in [0.15, 0.2) is 5.65 Å². The Morgan fingerprint density at radius 3 is 2.85 bits per heavy atom. The molecule has 7 heteroatoms. The highest BCUT2D eigenvalue weighted by atomic mass is 16.5. The van der Waals surface area contributed by atoms with Crippen LogP contribution in [0.15, 0.2) is 72.2 Å². The predicted molar refractivity (Wildman–Crippen MR) is 131 cm³/mol. The molecule has 1 saturated heterocycles. The van der Waals surface area contributed by atoms with Crippen LogP contribution < -0.4 is 5.73 Å². The highest BCUT2D eigenvalue weighted by molar-refractivity contribution is 5.96. The Morgan fingerprint density at radius 2 is 2.03 bits per heavy atom. The molecule has 2 N–H and O–H groups in total. The molecule has 0 radical (unpaired) electrons.